The summed E-state index contributed by atoms with van der Waals surface area (Å²) in [5.74, 6) is 0.532. The second-order valence-corrected chi connectivity index (χ2v) is 6.95. The monoisotopic (exact) mass is 284 g/mol. The summed E-state index contributed by atoms with van der Waals surface area (Å²) in [4.78, 5) is 12.1. The van der Waals surface area contributed by atoms with Gasteiger partial charge in [-0.3, -0.25) is 4.99 Å². The summed E-state index contributed by atoms with van der Waals surface area (Å²) in [7, 11) is 0. The Labute approximate surface area is 126 Å². The van der Waals surface area contributed by atoms with Crippen LogP contribution in [0.5, 0.6) is 0 Å². The summed E-state index contributed by atoms with van der Waals surface area (Å²) in [6.07, 6.45) is 11.0. The average Bonchev–Trinajstić information content (AvgIpc) is 3.08. The van der Waals surface area contributed by atoms with E-state index in [-0.39, 0.29) is 11.5 Å². The molecule has 0 aromatic carbocycles. The Morgan fingerprint density at radius 1 is 1.33 bits per heavy atom. The molecule has 0 radical (unpaired) electrons. The molecule has 0 bridgehead atoms. The Hall–Kier alpha value is -1.84. The van der Waals surface area contributed by atoms with E-state index in [4.69, 9.17) is 0 Å². The van der Waals surface area contributed by atoms with Crippen LogP contribution < -0.4 is 5.32 Å². The van der Waals surface area contributed by atoms with Gasteiger partial charge in [-0.1, -0.05) is 27.7 Å². The number of aliphatic imine (C=N–C) groups is 1. The molecule has 0 saturated carbocycles. The van der Waals surface area contributed by atoms with Crippen LogP contribution in [-0.4, -0.2) is 28.3 Å². The molecule has 2 aliphatic rings. The van der Waals surface area contributed by atoms with E-state index < -0.39 is 0 Å². The van der Waals surface area contributed by atoms with E-state index in [9.17, 15) is 0 Å². The fourth-order valence-corrected chi connectivity index (χ4v) is 3.28. The van der Waals surface area contributed by atoms with E-state index in [0.29, 0.717) is 12.0 Å². The van der Waals surface area contributed by atoms with E-state index in [2.05, 4.69) is 60.2 Å². The molecule has 4 nitrogen and oxygen atoms in total. The summed E-state index contributed by atoms with van der Waals surface area (Å²) in [6.45, 7) is 8.98. The number of aromatic amines is 1. The first kappa shape index (κ1) is 14.1. The van der Waals surface area contributed by atoms with Crippen molar-refractivity contribution in [2.45, 2.75) is 51.6 Å². The molecule has 2 aliphatic heterocycles. The predicted octanol–water partition coefficient (Wildman–Crippen LogP) is 2.97. The number of rotatable bonds is 4. The van der Waals surface area contributed by atoms with Crippen molar-refractivity contribution >= 4 is 6.21 Å². The van der Waals surface area contributed by atoms with Gasteiger partial charge in [-0.05, 0) is 35.8 Å². The summed E-state index contributed by atoms with van der Waals surface area (Å²) in [6, 6.07) is 0.581. The van der Waals surface area contributed by atoms with Crippen molar-refractivity contribution in [2.75, 3.05) is 0 Å². The number of H-pyrrole nitrogens is 1. The second-order valence-electron chi connectivity index (χ2n) is 6.95. The van der Waals surface area contributed by atoms with Crippen LogP contribution in [-0.2, 0) is 5.41 Å². The Morgan fingerprint density at radius 3 is 2.81 bits per heavy atom. The lowest BCUT2D eigenvalue weighted by Crippen LogP contribution is -2.37. The molecule has 2 atom stereocenters. The number of hydrogen-bond acceptors (Lipinski definition) is 3. The molecule has 112 valence electrons. The van der Waals surface area contributed by atoms with Crippen LogP contribution in [0, 0.1) is 5.92 Å². The maximum Gasteiger partial charge on any atom is 0.0968 e. The fraction of sp³-hybridized carbons (Fsp3) is 0.529. The molecule has 1 aromatic heterocycles. The molecule has 2 unspecified atom stereocenters. The number of nitrogens with one attached hydrogen (secondary N) is 2. The molecule has 1 aromatic rings. The molecule has 3 rings (SSSR count). The molecule has 4 heteroatoms. The Balaban J connectivity index is 1.79. The predicted molar refractivity (Wildman–Crippen MR) is 86.4 cm³/mol. The van der Waals surface area contributed by atoms with Crippen LogP contribution in [0.1, 0.15) is 39.8 Å². The van der Waals surface area contributed by atoms with Crippen LogP contribution in [0.15, 0.2) is 40.9 Å². The highest BCUT2D eigenvalue weighted by atomic mass is 15.0. The highest BCUT2D eigenvalue weighted by molar-refractivity contribution is 5.75. The highest BCUT2D eigenvalue weighted by Crippen LogP contribution is 2.36. The minimum Gasteiger partial charge on any atom is -0.382 e. The van der Waals surface area contributed by atoms with Gasteiger partial charge in [0.1, 0.15) is 0 Å². The van der Waals surface area contributed by atoms with Crippen molar-refractivity contribution in [1.29, 1.82) is 0 Å². The highest BCUT2D eigenvalue weighted by Gasteiger charge is 2.36. The maximum atomic E-state index is 4.68. The minimum atomic E-state index is 0.0420. The summed E-state index contributed by atoms with van der Waals surface area (Å²) < 4.78 is 0. The molecule has 0 spiro atoms. The normalized spacial score (nSPS) is 24.6. The molecular formula is C17H24N4. The van der Waals surface area contributed by atoms with Gasteiger partial charge in [-0.15, -0.1) is 0 Å². The molecule has 3 heterocycles. The van der Waals surface area contributed by atoms with E-state index in [1.807, 2.05) is 12.4 Å². The molecule has 21 heavy (non-hydrogen) atoms. The number of fused-ring (bicyclic) bond motifs is 1. The van der Waals surface area contributed by atoms with Crippen molar-refractivity contribution < 1.29 is 0 Å². The number of allylic oxidation sites excluding steroid dienone is 1. The van der Waals surface area contributed by atoms with Crippen molar-refractivity contribution in [3.05, 3.63) is 41.6 Å². The first-order valence-electron chi connectivity index (χ1n) is 7.66. The van der Waals surface area contributed by atoms with E-state index >= 15 is 0 Å². The van der Waals surface area contributed by atoms with E-state index in [0.717, 1.165) is 6.42 Å². The van der Waals surface area contributed by atoms with Crippen LogP contribution in [0.25, 0.3) is 0 Å². The first-order chi connectivity index (χ1) is 9.99. The van der Waals surface area contributed by atoms with E-state index in [1.54, 1.807) is 6.33 Å². The smallest absolute Gasteiger partial charge is 0.0968 e. The van der Waals surface area contributed by atoms with Gasteiger partial charge in [-0.25, -0.2) is 4.98 Å². The second kappa shape index (κ2) is 5.17. The maximum absolute atomic E-state index is 4.68. The van der Waals surface area contributed by atoms with Crippen LogP contribution in [0.3, 0.4) is 0 Å². The van der Waals surface area contributed by atoms with Gasteiger partial charge in [0, 0.05) is 23.5 Å². The van der Waals surface area contributed by atoms with E-state index in [1.165, 1.54) is 16.8 Å². The van der Waals surface area contributed by atoms with Crippen molar-refractivity contribution in [3.63, 3.8) is 0 Å². The third-order valence-electron chi connectivity index (χ3n) is 4.56. The van der Waals surface area contributed by atoms with Gasteiger partial charge in [0.05, 0.1) is 18.4 Å². The zero-order valence-corrected chi connectivity index (χ0v) is 13.2. The van der Waals surface area contributed by atoms with Gasteiger partial charge in [0.15, 0.2) is 0 Å². The molecule has 0 fully saturated rings. The molecule has 2 N–H and O–H groups in total. The molecular weight excluding hydrogens is 260 g/mol. The van der Waals surface area contributed by atoms with Crippen LogP contribution in [0.4, 0.5) is 0 Å². The largest absolute Gasteiger partial charge is 0.382 e. The van der Waals surface area contributed by atoms with Gasteiger partial charge < -0.3 is 10.3 Å². The Bertz CT molecular complexity index is 590. The zero-order valence-electron chi connectivity index (χ0n) is 13.2. The summed E-state index contributed by atoms with van der Waals surface area (Å²) in [5, 5.41) is 3.54. The number of imidazole rings is 1. The third kappa shape index (κ3) is 2.55. The van der Waals surface area contributed by atoms with Crippen LogP contribution >= 0.6 is 0 Å². The summed E-state index contributed by atoms with van der Waals surface area (Å²) >= 11 is 0. The standard InChI is InChI=1S/C17H24N4/c1-11(2)13-8-20-15-12(5-6-19-16(13)15)7-17(3,4)14-9-18-10-21-14/h5-6,8-11,15-16,20H,7H2,1-4H3,(H,18,21). The third-order valence-corrected chi connectivity index (χ3v) is 4.56. The van der Waals surface area contributed by atoms with Gasteiger partial charge >= 0.3 is 0 Å². The van der Waals surface area contributed by atoms with Gasteiger partial charge in [0.2, 0.25) is 0 Å². The average molecular weight is 284 g/mol. The lowest BCUT2D eigenvalue weighted by Gasteiger charge is -2.31. The zero-order chi connectivity index (χ0) is 15.0. The van der Waals surface area contributed by atoms with Gasteiger partial charge in [-0.2, -0.15) is 0 Å². The SMILES string of the molecule is CC(C)C1=CNC2C(CC(C)(C)c3cnc[nH]3)=CC=NC12. The van der Waals surface area contributed by atoms with Gasteiger partial charge in [0.25, 0.3) is 0 Å². The number of dihydropyridines is 1. The lowest BCUT2D eigenvalue weighted by atomic mass is 9.78. The molecule has 0 amide bonds. The number of aromatic nitrogens is 2. The van der Waals surface area contributed by atoms with Crippen molar-refractivity contribution in [1.82, 2.24) is 15.3 Å². The van der Waals surface area contributed by atoms with Crippen molar-refractivity contribution in [2.24, 2.45) is 10.9 Å². The first-order valence-corrected chi connectivity index (χ1v) is 7.66. The summed E-state index contributed by atoms with van der Waals surface area (Å²) in [5.41, 5.74) is 4.04. The minimum absolute atomic E-state index is 0.0420. The fourth-order valence-electron chi connectivity index (χ4n) is 3.28. The van der Waals surface area contributed by atoms with Crippen molar-refractivity contribution in [3.8, 4) is 0 Å². The topological polar surface area (TPSA) is 53.1 Å². The number of nitrogens with zero attached hydrogens (tertiary/aromatic N) is 2. The number of hydrogen-bond donors (Lipinski definition) is 2. The Kier molecular flexibility index (Phi) is 3.47. The Morgan fingerprint density at radius 2 is 2.14 bits per heavy atom. The van der Waals surface area contributed by atoms with Crippen LogP contribution in [0.2, 0.25) is 0 Å². The quantitative estimate of drug-likeness (QED) is 0.893. The molecule has 0 aliphatic carbocycles. The lowest BCUT2D eigenvalue weighted by molar-refractivity contribution is 0.467. The molecule has 0 saturated heterocycles.